The molecule has 1 aromatic heterocycles. The normalized spacial score (nSPS) is 12.2. The summed E-state index contributed by atoms with van der Waals surface area (Å²) in [6, 6.07) is -0.441. The first-order chi connectivity index (χ1) is 8.43. The molecule has 0 spiro atoms. The van der Waals surface area contributed by atoms with Gasteiger partial charge in [0.05, 0.1) is 16.9 Å². The summed E-state index contributed by atoms with van der Waals surface area (Å²) in [4.78, 5) is 22.3. The lowest BCUT2D eigenvalue weighted by Gasteiger charge is -2.14. The van der Waals surface area contributed by atoms with Gasteiger partial charge in [0.15, 0.2) is 0 Å². The van der Waals surface area contributed by atoms with Gasteiger partial charge in [0.25, 0.3) is 0 Å². The fourth-order valence-corrected chi connectivity index (χ4v) is 1.75. The molecule has 0 aliphatic heterocycles. The summed E-state index contributed by atoms with van der Waals surface area (Å²) in [5, 5.41) is 6.89. The Balaban J connectivity index is 2.47. The second kappa shape index (κ2) is 6.75. The standard InChI is InChI=1S/C11H15Cl2N3O2/c1-7-9(12)6-15-16(7)8(2)11(18)14-5-3-4-10(13)17/h6,8H,3-5H2,1-2H3,(H,14,18). The van der Waals surface area contributed by atoms with Crippen LogP contribution in [0, 0.1) is 6.92 Å². The molecule has 0 fully saturated rings. The van der Waals surface area contributed by atoms with Gasteiger partial charge in [-0.05, 0) is 31.9 Å². The van der Waals surface area contributed by atoms with E-state index in [9.17, 15) is 9.59 Å². The molecular weight excluding hydrogens is 277 g/mol. The first kappa shape index (κ1) is 15.0. The summed E-state index contributed by atoms with van der Waals surface area (Å²) >= 11 is 11.1. The summed E-state index contributed by atoms with van der Waals surface area (Å²) in [6.45, 7) is 3.94. The van der Waals surface area contributed by atoms with Gasteiger partial charge in [0.2, 0.25) is 11.1 Å². The maximum Gasteiger partial charge on any atom is 0.244 e. The first-order valence-electron chi connectivity index (χ1n) is 5.59. The Morgan fingerprint density at radius 1 is 1.56 bits per heavy atom. The number of hydrogen-bond donors (Lipinski definition) is 1. The maximum atomic E-state index is 11.8. The minimum Gasteiger partial charge on any atom is -0.354 e. The summed E-state index contributed by atoms with van der Waals surface area (Å²) in [7, 11) is 0. The van der Waals surface area contributed by atoms with E-state index in [-0.39, 0.29) is 12.3 Å². The van der Waals surface area contributed by atoms with Crippen LogP contribution in [0.5, 0.6) is 0 Å². The minimum atomic E-state index is -0.441. The van der Waals surface area contributed by atoms with E-state index >= 15 is 0 Å². The third-order valence-corrected chi connectivity index (χ3v) is 3.14. The first-order valence-corrected chi connectivity index (χ1v) is 6.34. The number of halogens is 2. The topological polar surface area (TPSA) is 64.0 Å². The molecule has 0 saturated carbocycles. The van der Waals surface area contributed by atoms with Crippen LogP contribution in [-0.2, 0) is 9.59 Å². The number of amides is 1. The molecule has 1 aromatic rings. The molecule has 1 unspecified atom stereocenters. The quantitative estimate of drug-likeness (QED) is 0.645. The van der Waals surface area contributed by atoms with Crippen LogP contribution in [0.15, 0.2) is 6.20 Å². The van der Waals surface area contributed by atoms with E-state index in [1.807, 2.05) is 0 Å². The number of carbonyl (C=O) groups is 2. The molecule has 1 rings (SSSR count). The number of nitrogens with one attached hydrogen (secondary N) is 1. The Bertz CT molecular complexity index is 445. The molecule has 7 heteroatoms. The molecule has 1 atom stereocenters. The van der Waals surface area contributed by atoms with Gasteiger partial charge in [-0.1, -0.05) is 11.6 Å². The van der Waals surface area contributed by atoms with Crippen molar-refractivity contribution in [3.63, 3.8) is 0 Å². The summed E-state index contributed by atoms with van der Waals surface area (Å²) in [5.41, 5.74) is 0.746. The second-order valence-electron chi connectivity index (χ2n) is 3.95. The highest BCUT2D eigenvalue weighted by molar-refractivity contribution is 6.63. The lowest BCUT2D eigenvalue weighted by Crippen LogP contribution is -2.32. The van der Waals surface area contributed by atoms with Crippen molar-refractivity contribution in [1.29, 1.82) is 0 Å². The highest BCUT2D eigenvalue weighted by atomic mass is 35.5. The van der Waals surface area contributed by atoms with Crippen LogP contribution in [0.2, 0.25) is 5.02 Å². The van der Waals surface area contributed by atoms with Crippen molar-refractivity contribution >= 4 is 34.4 Å². The predicted molar refractivity (Wildman–Crippen MR) is 69.8 cm³/mol. The van der Waals surface area contributed by atoms with Crippen molar-refractivity contribution in [2.24, 2.45) is 0 Å². The molecule has 0 aliphatic carbocycles. The third kappa shape index (κ3) is 3.99. The molecule has 0 aromatic carbocycles. The molecule has 0 aliphatic rings. The van der Waals surface area contributed by atoms with Gasteiger partial charge in [0, 0.05) is 13.0 Å². The molecule has 0 bridgehead atoms. The van der Waals surface area contributed by atoms with Crippen molar-refractivity contribution < 1.29 is 9.59 Å². The van der Waals surface area contributed by atoms with E-state index in [1.165, 1.54) is 6.20 Å². The van der Waals surface area contributed by atoms with Crippen molar-refractivity contribution in [1.82, 2.24) is 15.1 Å². The number of nitrogens with zero attached hydrogens (tertiary/aromatic N) is 2. The molecule has 1 N–H and O–H groups in total. The average Bonchev–Trinajstić information content (AvgIpc) is 2.64. The van der Waals surface area contributed by atoms with E-state index in [0.717, 1.165) is 5.69 Å². The van der Waals surface area contributed by atoms with E-state index in [0.29, 0.717) is 18.0 Å². The van der Waals surface area contributed by atoms with E-state index < -0.39 is 11.3 Å². The Hall–Kier alpha value is -1.07. The SMILES string of the molecule is Cc1c(Cl)cnn1C(C)C(=O)NCCCC(=O)Cl. The molecule has 1 amide bonds. The van der Waals surface area contributed by atoms with Crippen LogP contribution in [0.1, 0.15) is 31.5 Å². The largest absolute Gasteiger partial charge is 0.354 e. The number of hydrogen-bond acceptors (Lipinski definition) is 3. The van der Waals surface area contributed by atoms with Crippen LogP contribution >= 0.6 is 23.2 Å². The van der Waals surface area contributed by atoms with Crippen LogP contribution in [0.3, 0.4) is 0 Å². The smallest absolute Gasteiger partial charge is 0.244 e. The van der Waals surface area contributed by atoms with E-state index in [1.54, 1.807) is 18.5 Å². The zero-order valence-electron chi connectivity index (χ0n) is 10.2. The fourth-order valence-electron chi connectivity index (χ4n) is 1.49. The Labute approximate surface area is 115 Å². The second-order valence-corrected chi connectivity index (χ2v) is 4.78. The number of carbonyl (C=O) groups excluding carboxylic acids is 2. The lowest BCUT2D eigenvalue weighted by molar-refractivity contribution is -0.124. The maximum absolute atomic E-state index is 11.8. The van der Waals surface area contributed by atoms with Crippen LogP contribution < -0.4 is 5.32 Å². The average molecular weight is 292 g/mol. The van der Waals surface area contributed by atoms with Crippen molar-refractivity contribution in [3.8, 4) is 0 Å². The van der Waals surface area contributed by atoms with Gasteiger partial charge in [-0.25, -0.2) is 0 Å². The predicted octanol–water partition coefficient (Wildman–Crippen LogP) is 2.07. The van der Waals surface area contributed by atoms with E-state index in [2.05, 4.69) is 10.4 Å². The van der Waals surface area contributed by atoms with Gasteiger partial charge in [-0.3, -0.25) is 14.3 Å². The van der Waals surface area contributed by atoms with Gasteiger partial charge < -0.3 is 5.32 Å². The number of rotatable bonds is 6. The van der Waals surface area contributed by atoms with Gasteiger partial charge in [-0.2, -0.15) is 5.10 Å². The Kier molecular flexibility index (Phi) is 5.62. The Morgan fingerprint density at radius 2 is 2.22 bits per heavy atom. The van der Waals surface area contributed by atoms with Gasteiger partial charge >= 0.3 is 0 Å². The van der Waals surface area contributed by atoms with Crippen LogP contribution in [0.4, 0.5) is 0 Å². The van der Waals surface area contributed by atoms with Crippen LogP contribution in [0.25, 0.3) is 0 Å². The molecule has 0 saturated heterocycles. The van der Waals surface area contributed by atoms with Crippen molar-refractivity contribution in [3.05, 3.63) is 16.9 Å². The highest BCUT2D eigenvalue weighted by Gasteiger charge is 2.18. The zero-order chi connectivity index (χ0) is 13.7. The van der Waals surface area contributed by atoms with E-state index in [4.69, 9.17) is 23.2 Å². The monoisotopic (exact) mass is 291 g/mol. The lowest BCUT2D eigenvalue weighted by atomic mass is 10.3. The number of aromatic nitrogens is 2. The summed E-state index contributed by atoms with van der Waals surface area (Å²) < 4.78 is 1.56. The summed E-state index contributed by atoms with van der Waals surface area (Å²) in [5.74, 6) is -0.167. The molecule has 1 heterocycles. The molecule has 0 radical (unpaired) electrons. The molecular formula is C11H15Cl2N3O2. The van der Waals surface area contributed by atoms with Crippen molar-refractivity contribution in [2.45, 2.75) is 32.7 Å². The zero-order valence-corrected chi connectivity index (χ0v) is 11.8. The van der Waals surface area contributed by atoms with Crippen LogP contribution in [-0.4, -0.2) is 27.5 Å². The van der Waals surface area contributed by atoms with Crippen molar-refractivity contribution in [2.75, 3.05) is 6.54 Å². The Morgan fingerprint density at radius 3 is 2.72 bits per heavy atom. The summed E-state index contributed by atoms with van der Waals surface area (Å²) in [6.07, 6.45) is 2.29. The minimum absolute atomic E-state index is 0.167. The van der Waals surface area contributed by atoms with Gasteiger partial charge in [-0.15, -0.1) is 0 Å². The highest BCUT2D eigenvalue weighted by Crippen LogP contribution is 2.17. The molecule has 5 nitrogen and oxygen atoms in total. The molecule has 18 heavy (non-hydrogen) atoms. The van der Waals surface area contributed by atoms with Gasteiger partial charge in [0.1, 0.15) is 6.04 Å². The molecule has 100 valence electrons. The fraction of sp³-hybridized carbons (Fsp3) is 0.545. The third-order valence-electron chi connectivity index (χ3n) is 2.58.